The van der Waals surface area contributed by atoms with Crippen LogP contribution in [0.15, 0.2) is 53.5 Å². The van der Waals surface area contributed by atoms with Crippen molar-refractivity contribution in [2.24, 2.45) is 4.99 Å². The molecule has 3 rings (SSSR count). The van der Waals surface area contributed by atoms with Crippen LogP contribution in [-0.2, 0) is 16.0 Å². The molecule has 6 nitrogen and oxygen atoms in total. The van der Waals surface area contributed by atoms with Gasteiger partial charge < -0.3 is 9.47 Å². The Kier molecular flexibility index (Phi) is 6.93. The fourth-order valence-electron chi connectivity index (χ4n) is 3.40. The molecule has 152 valence electrons. The number of anilines is 1. The number of amides is 1. The van der Waals surface area contributed by atoms with Gasteiger partial charge in [0.25, 0.3) is 5.91 Å². The van der Waals surface area contributed by atoms with Crippen molar-refractivity contribution in [1.29, 1.82) is 0 Å². The van der Waals surface area contributed by atoms with Gasteiger partial charge in [0.05, 0.1) is 25.5 Å². The number of ether oxygens (including phenoxy) is 2. The van der Waals surface area contributed by atoms with Crippen LogP contribution in [0.25, 0.3) is 0 Å². The summed E-state index contributed by atoms with van der Waals surface area (Å²) in [6.07, 6.45) is 1.70. The summed E-state index contributed by atoms with van der Waals surface area (Å²) in [5.41, 5.74) is 2.25. The fourth-order valence-corrected chi connectivity index (χ4v) is 3.65. The number of aliphatic imine (C=N–C) groups is 1. The van der Waals surface area contributed by atoms with Crippen LogP contribution >= 0.6 is 12.6 Å². The van der Waals surface area contributed by atoms with E-state index in [2.05, 4.69) is 17.6 Å². The number of aryl methyl sites for hydroxylation is 1. The minimum Gasteiger partial charge on any atom is -0.496 e. The summed E-state index contributed by atoms with van der Waals surface area (Å²) in [6, 6.07) is 14.1. The topological polar surface area (TPSA) is 68.2 Å². The Balaban J connectivity index is 2.10. The van der Waals surface area contributed by atoms with Crippen LogP contribution in [0.5, 0.6) is 5.75 Å². The van der Waals surface area contributed by atoms with E-state index < -0.39 is 12.0 Å². The molecule has 1 amide bonds. The number of hydrogen-bond donors (Lipinski definition) is 1. The van der Waals surface area contributed by atoms with Gasteiger partial charge >= 0.3 is 5.97 Å². The van der Waals surface area contributed by atoms with Gasteiger partial charge in [0.2, 0.25) is 0 Å². The summed E-state index contributed by atoms with van der Waals surface area (Å²) in [6.45, 7) is 0. The molecule has 0 bridgehead atoms. The van der Waals surface area contributed by atoms with Crippen molar-refractivity contribution in [3.63, 3.8) is 0 Å². The lowest BCUT2D eigenvalue weighted by molar-refractivity contribution is -0.142. The molecule has 0 unspecified atom stereocenters. The SMILES string of the molecule is COC(=O)[C@H](CCS)N=C1CCc2ccccc2N1C(=O)c1ccccc1OC. The predicted octanol–water partition coefficient (Wildman–Crippen LogP) is 3.55. The molecule has 1 atom stereocenters. The Morgan fingerprint density at radius 2 is 1.83 bits per heavy atom. The van der Waals surface area contributed by atoms with Gasteiger partial charge in [0.1, 0.15) is 17.6 Å². The van der Waals surface area contributed by atoms with Crippen LogP contribution in [0.3, 0.4) is 0 Å². The van der Waals surface area contributed by atoms with Gasteiger partial charge in [-0.3, -0.25) is 14.7 Å². The van der Waals surface area contributed by atoms with E-state index in [1.54, 1.807) is 23.1 Å². The highest BCUT2D eigenvalue weighted by Gasteiger charge is 2.31. The van der Waals surface area contributed by atoms with Gasteiger partial charge in [0, 0.05) is 6.42 Å². The van der Waals surface area contributed by atoms with Crippen LogP contribution in [0.4, 0.5) is 5.69 Å². The second-order valence-corrected chi connectivity index (χ2v) is 7.01. The first-order chi connectivity index (χ1) is 14.1. The van der Waals surface area contributed by atoms with Crippen LogP contribution < -0.4 is 9.64 Å². The van der Waals surface area contributed by atoms with E-state index in [0.717, 1.165) is 17.7 Å². The van der Waals surface area contributed by atoms with Gasteiger partial charge in [-0.25, -0.2) is 4.79 Å². The molecule has 0 saturated heterocycles. The van der Waals surface area contributed by atoms with E-state index in [1.807, 2.05) is 30.3 Å². The van der Waals surface area contributed by atoms with Crippen molar-refractivity contribution < 1.29 is 19.1 Å². The Labute approximate surface area is 175 Å². The second kappa shape index (κ2) is 9.60. The Bertz CT molecular complexity index is 929. The summed E-state index contributed by atoms with van der Waals surface area (Å²) in [5, 5.41) is 0. The van der Waals surface area contributed by atoms with Crippen molar-refractivity contribution in [2.45, 2.75) is 25.3 Å². The summed E-state index contributed by atoms with van der Waals surface area (Å²) < 4.78 is 10.3. The van der Waals surface area contributed by atoms with Crippen LogP contribution in [0, 0.1) is 0 Å². The molecule has 2 aromatic rings. The molecule has 7 heteroatoms. The number of amidine groups is 1. The average Bonchev–Trinajstić information content (AvgIpc) is 2.77. The highest BCUT2D eigenvalue weighted by molar-refractivity contribution is 7.80. The minimum absolute atomic E-state index is 0.247. The third-order valence-electron chi connectivity index (χ3n) is 4.83. The maximum Gasteiger partial charge on any atom is 0.330 e. The fraction of sp³-hybridized carbons (Fsp3) is 0.318. The molecule has 1 aliphatic heterocycles. The van der Waals surface area contributed by atoms with Gasteiger partial charge in [-0.1, -0.05) is 30.3 Å². The summed E-state index contributed by atoms with van der Waals surface area (Å²) in [7, 11) is 2.87. The van der Waals surface area contributed by atoms with Gasteiger partial charge in [-0.05, 0) is 42.4 Å². The molecular weight excluding hydrogens is 388 g/mol. The molecule has 0 saturated carbocycles. The zero-order valence-corrected chi connectivity index (χ0v) is 17.4. The third kappa shape index (κ3) is 4.45. The lowest BCUT2D eigenvalue weighted by Crippen LogP contribution is -2.42. The molecule has 0 aromatic heterocycles. The Hall–Kier alpha value is -2.80. The quantitative estimate of drug-likeness (QED) is 0.582. The number of hydrogen-bond acceptors (Lipinski definition) is 6. The third-order valence-corrected chi connectivity index (χ3v) is 5.09. The number of methoxy groups -OCH3 is 2. The molecule has 0 aliphatic carbocycles. The first kappa shape index (κ1) is 20.9. The van der Waals surface area contributed by atoms with E-state index in [9.17, 15) is 9.59 Å². The number of para-hydroxylation sites is 2. The number of fused-ring (bicyclic) bond motifs is 1. The average molecular weight is 413 g/mol. The Morgan fingerprint density at radius 3 is 2.55 bits per heavy atom. The van der Waals surface area contributed by atoms with Crippen molar-refractivity contribution in [3.8, 4) is 5.75 Å². The van der Waals surface area contributed by atoms with Crippen molar-refractivity contribution in [1.82, 2.24) is 0 Å². The standard InChI is InChI=1S/C22H24N2O4S/c1-27-19-10-6-4-8-16(19)21(25)24-18-9-5-3-7-15(18)11-12-20(24)23-17(13-14-29)22(26)28-2/h3-10,17,29H,11-14H2,1-2H3/t17-/m0/s1. The van der Waals surface area contributed by atoms with Crippen LogP contribution in [0.1, 0.15) is 28.8 Å². The maximum atomic E-state index is 13.6. The van der Waals surface area contributed by atoms with Gasteiger partial charge in [-0.15, -0.1) is 0 Å². The van der Waals surface area contributed by atoms with Crippen molar-refractivity contribution >= 4 is 36.0 Å². The molecule has 0 fully saturated rings. The first-order valence-corrected chi connectivity index (χ1v) is 10.0. The molecule has 1 aliphatic rings. The molecule has 2 aromatic carbocycles. The van der Waals surface area contributed by atoms with E-state index in [4.69, 9.17) is 9.47 Å². The molecular formula is C22H24N2O4S. The van der Waals surface area contributed by atoms with Crippen molar-refractivity contribution in [3.05, 3.63) is 59.7 Å². The Morgan fingerprint density at radius 1 is 1.10 bits per heavy atom. The van der Waals surface area contributed by atoms with E-state index in [0.29, 0.717) is 35.7 Å². The second-order valence-electron chi connectivity index (χ2n) is 6.57. The largest absolute Gasteiger partial charge is 0.496 e. The molecule has 0 radical (unpaired) electrons. The van der Waals surface area contributed by atoms with Crippen molar-refractivity contribution in [2.75, 3.05) is 24.9 Å². The number of thiol groups is 1. The highest BCUT2D eigenvalue weighted by Crippen LogP contribution is 2.32. The van der Waals surface area contributed by atoms with E-state index in [1.165, 1.54) is 14.2 Å². The molecule has 29 heavy (non-hydrogen) atoms. The number of carbonyl (C=O) groups excluding carboxylic acids is 2. The molecule has 1 heterocycles. The normalized spacial score (nSPS) is 15.6. The summed E-state index contributed by atoms with van der Waals surface area (Å²) >= 11 is 4.23. The molecule has 0 spiro atoms. The van der Waals surface area contributed by atoms with E-state index in [-0.39, 0.29) is 5.91 Å². The van der Waals surface area contributed by atoms with Gasteiger partial charge in [-0.2, -0.15) is 12.6 Å². The zero-order chi connectivity index (χ0) is 20.8. The minimum atomic E-state index is -0.703. The predicted molar refractivity (Wildman–Crippen MR) is 116 cm³/mol. The number of rotatable bonds is 6. The summed E-state index contributed by atoms with van der Waals surface area (Å²) in [5.74, 6) is 0.822. The first-order valence-electron chi connectivity index (χ1n) is 9.41. The van der Waals surface area contributed by atoms with E-state index >= 15 is 0 Å². The van der Waals surface area contributed by atoms with Crippen LogP contribution in [-0.4, -0.2) is 43.7 Å². The van der Waals surface area contributed by atoms with Crippen LogP contribution in [0.2, 0.25) is 0 Å². The monoisotopic (exact) mass is 412 g/mol. The number of benzene rings is 2. The number of esters is 1. The molecule has 0 N–H and O–H groups in total. The smallest absolute Gasteiger partial charge is 0.330 e. The highest BCUT2D eigenvalue weighted by atomic mass is 32.1. The lowest BCUT2D eigenvalue weighted by atomic mass is 9.99. The van der Waals surface area contributed by atoms with Gasteiger partial charge in [0.15, 0.2) is 0 Å². The lowest BCUT2D eigenvalue weighted by Gasteiger charge is -2.32. The summed E-state index contributed by atoms with van der Waals surface area (Å²) in [4.78, 5) is 32.0. The zero-order valence-electron chi connectivity index (χ0n) is 16.5. The number of carbonyl (C=O) groups is 2. The number of nitrogens with zero attached hydrogens (tertiary/aromatic N) is 2. The maximum absolute atomic E-state index is 13.6.